The molecule has 0 saturated carbocycles. The van der Waals surface area contributed by atoms with Crippen LogP contribution in [-0.4, -0.2) is 12.5 Å². The highest BCUT2D eigenvalue weighted by Gasteiger charge is 2.02. The highest BCUT2D eigenvalue weighted by molar-refractivity contribution is 5.77. The van der Waals surface area contributed by atoms with Gasteiger partial charge in [0.05, 0.1) is 6.54 Å². The van der Waals surface area contributed by atoms with Gasteiger partial charge in [0.25, 0.3) is 0 Å². The zero-order chi connectivity index (χ0) is 15.1. The quantitative estimate of drug-likeness (QED) is 0.857. The molecule has 0 heterocycles. The maximum atomic E-state index is 12.7. The van der Waals surface area contributed by atoms with Crippen LogP contribution in [0.4, 0.5) is 4.39 Å². The van der Waals surface area contributed by atoms with E-state index in [1.807, 2.05) is 31.2 Å². The summed E-state index contributed by atoms with van der Waals surface area (Å²) in [5.74, 6) is -0.349. The highest BCUT2D eigenvalue weighted by atomic mass is 19.1. The molecule has 21 heavy (non-hydrogen) atoms. The van der Waals surface area contributed by atoms with Crippen molar-refractivity contribution in [3.63, 3.8) is 0 Å². The Morgan fingerprint density at radius 2 is 1.76 bits per heavy atom. The largest absolute Gasteiger partial charge is 0.351 e. The summed E-state index contributed by atoms with van der Waals surface area (Å²) in [6, 6.07) is 14.2. The van der Waals surface area contributed by atoms with E-state index in [4.69, 9.17) is 0 Å². The van der Waals surface area contributed by atoms with Crippen LogP contribution < -0.4 is 10.6 Å². The first-order chi connectivity index (χ1) is 10.1. The first kappa shape index (κ1) is 15.2. The molecule has 0 atom stereocenters. The molecule has 0 spiro atoms. The number of hydrogen-bond acceptors (Lipinski definition) is 2. The summed E-state index contributed by atoms with van der Waals surface area (Å²) in [4.78, 5) is 11.7. The van der Waals surface area contributed by atoms with E-state index in [1.54, 1.807) is 12.1 Å². The third-order valence-electron chi connectivity index (χ3n) is 3.27. The second kappa shape index (κ2) is 7.55. The lowest BCUT2D eigenvalue weighted by Crippen LogP contribution is -2.33. The van der Waals surface area contributed by atoms with E-state index in [2.05, 4.69) is 10.6 Å². The Hall–Kier alpha value is -2.20. The Morgan fingerprint density at radius 3 is 2.48 bits per heavy atom. The summed E-state index contributed by atoms with van der Waals surface area (Å²) in [7, 11) is 0. The average Bonchev–Trinajstić information content (AvgIpc) is 2.49. The van der Waals surface area contributed by atoms with Gasteiger partial charge in [-0.1, -0.05) is 36.4 Å². The number of amides is 1. The van der Waals surface area contributed by atoms with Gasteiger partial charge in [0.2, 0.25) is 5.91 Å². The molecule has 0 radical (unpaired) electrons. The van der Waals surface area contributed by atoms with Crippen molar-refractivity contribution < 1.29 is 9.18 Å². The normalized spacial score (nSPS) is 10.4. The SMILES string of the molecule is Cc1ccccc1CNCC(=O)NCc1ccc(F)cc1. The summed E-state index contributed by atoms with van der Waals surface area (Å²) in [5.41, 5.74) is 3.27. The van der Waals surface area contributed by atoms with E-state index in [0.717, 1.165) is 5.56 Å². The fourth-order valence-electron chi connectivity index (χ4n) is 1.98. The molecule has 0 aliphatic carbocycles. The van der Waals surface area contributed by atoms with Crippen molar-refractivity contribution in [2.24, 2.45) is 0 Å². The van der Waals surface area contributed by atoms with Gasteiger partial charge in [-0.3, -0.25) is 4.79 Å². The zero-order valence-electron chi connectivity index (χ0n) is 12.0. The minimum absolute atomic E-state index is 0.0760. The zero-order valence-corrected chi connectivity index (χ0v) is 12.0. The second-order valence-electron chi connectivity index (χ2n) is 4.93. The summed E-state index contributed by atoms with van der Waals surface area (Å²) in [6.07, 6.45) is 0. The van der Waals surface area contributed by atoms with Crippen molar-refractivity contribution in [1.82, 2.24) is 10.6 Å². The van der Waals surface area contributed by atoms with Crippen LogP contribution in [0.2, 0.25) is 0 Å². The Morgan fingerprint density at radius 1 is 1.05 bits per heavy atom. The monoisotopic (exact) mass is 286 g/mol. The molecule has 0 unspecified atom stereocenters. The number of nitrogens with one attached hydrogen (secondary N) is 2. The van der Waals surface area contributed by atoms with Crippen LogP contribution in [-0.2, 0) is 17.9 Å². The van der Waals surface area contributed by atoms with Gasteiger partial charge in [-0.15, -0.1) is 0 Å². The molecular formula is C17H19FN2O. The highest BCUT2D eigenvalue weighted by Crippen LogP contribution is 2.05. The molecule has 0 aromatic heterocycles. The molecule has 0 bridgehead atoms. The van der Waals surface area contributed by atoms with Gasteiger partial charge in [0, 0.05) is 13.1 Å². The Labute approximate surface area is 124 Å². The molecule has 2 aromatic carbocycles. The number of halogens is 1. The van der Waals surface area contributed by atoms with Crippen LogP contribution in [0, 0.1) is 12.7 Å². The van der Waals surface area contributed by atoms with Crippen molar-refractivity contribution >= 4 is 5.91 Å². The lowest BCUT2D eigenvalue weighted by molar-refractivity contribution is -0.120. The fourth-order valence-corrected chi connectivity index (χ4v) is 1.98. The van der Waals surface area contributed by atoms with Gasteiger partial charge >= 0.3 is 0 Å². The lowest BCUT2D eigenvalue weighted by atomic mass is 10.1. The predicted molar refractivity (Wildman–Crippen MR) is 81.1 cm³/mol. The van der Waals surface area contributed by atoms with Crippen molar-refractivity contribution in [3.05, 3.63) is 71.0 Å². The van der Waals surface area contributed by atoms with Crippen molar-refractivity contribution in [1.29, 1.82) is 0 Å². The summed E-state index contributed by atoms with van der Waals surface area (Å²) < 4.78 is 12.7. The van der Waals surface area contributed by atoms with E-state index in [1.165, 1.54) is 23.3 Å². The first-order valence-corrected chi connectivity index (χ1v) is 6.91. The van der Waals surface area contributed by atoms with Gasteiger partial charge in [0.15, 0.2) is 0 Å². The standard InChI is InChI=1S/C17H19FN2O/c1-13-4-2-3-5-15(13)11-19-12-17(21)20-10-14-6-8-16(18)9-7-14/h2-9,19H,10-12H2,1H3,(H,20,21). The Balaban J connectivity index is 1.70. The molecule has 2 rings (SSSR count). The van der Waals surface area contributed by atoms with E-state index < -0.39 is 0 Å². The van der Waals surface area contributed by atoms with Crippen LogP contribution in [0.25, 0.3) is 0 Å². The Kier molecular flexibility index (Phi) is 5.46. The molecular weight excluding hydrogens is 267 g/mol. The molecule has 3 nitrogen and oxygen atoms in total. The molecule has 2 N–H and O–H groups in total. The topological polar surface area (TPSA) is 41.1 Å². The van der Waals surface area contributed by atoms with Crippen molar-refractivity contribution in [2.45, 2.75) is 20.0 Å². The summed E-state index contributed by atoms with van der Waals surface area (Å²) in [5, 5.41) is 5.91. The molecule has 0 fully saturated rings. The van der Waals surface area contributed by atoms with E-state index >= 15 is 0 Å². The number of aryl methyl sites for hydroxylation is 1. The maximum absolute atomic E-state index is 12.7. The van der Waals surface area contributed by atoms with Crippen LogP contribution >= 0.6 is 0 Å². The molecule has 0 aliphatic heterocycles. The minimum atomic E-state index is -0.273. The maximum Gasteiger partial charge on any atom is 0.234 e. The summed E-state index contributed by atoms with van der Waals surface area (Å²) in [6.45, 7) is 3.38. The smallest absolute Gasteiger partial charge is 0.234 e. The third kappa shape index (κ3) is 5.00. The third-order valence-corrected chi connectivity index (χ3v) is 3.27. The van der Waals surface area contributed by atoms with Gasteiger partial charge < -0.3 is 10.6 Å². The van der Waals surface area contributed by atoms with E-state index in [0.29, 0.717) is 13.1 Å². The number of rotatable bonds is 6. The summed E-state index contributed by atoms with van der Waals surface area (Å²) >= 11 is 0. The Bertz CT molecular complexity index is 596. The first-order valence-electron chi connectivity index (χ1n) is 6.91. The second-order valence-corrected chi connectivity index (χ2v) is 4.93. The molecule has 110 valence electrons. The predicted octanol–water partition coefficient (Wildman–Crippen LogP) is 2.54. The number of hydrogen-bond donors (Lipinski definition) is 2. The van der Waals surface area contributed by atoms with E-state index in [9.17, 15) is 9.18 Å². The van der Waals surface area contributed by atoms with Crippen LogP contribution in [0.15, 0.2) is 48.5 Å². The molecule has 4 heteroatoms. The van der Waals surface area contributed by atoms with Crippen LogP contribution in [0.5, 0.6) is 0 Å². The van der Waals surface area contributed by atoms with Gasteiger partial charge in [-0.25, -0.2) is 4.39 Å². The molecule has 1 amide bonds. The van der Waals surface area contributed by atoms with E-state index in [-0.39, 0.29) is 18.3 Å². The number of benzene rings is 2. The number of carbonyl (C=O) groups excluding carboxylic acids is 1. The van der Waals surface area contributed by atoms with Crippen LogP contribution in [0.1, 0.15) is 16.7 Å². The molecule has 2 aromatic rings. The number of carbonyl (C=O) groups is 1. The fraction of sp³-hybridized carbons (Fsp3) is 0.235. The lowest BCUT2D eigenvalue weighted by Gasteiger charge is -2.08. The van der Waals surface area contributed by atoms with Crippen molar-refractivity contribution in [3.8, 4) is 0 Å². The van der Waals surface area contributed by atoms with Crippen molar-refractivity contribution in [2.75, 3.05) is 6.54 Å². The van der Waals surface area contributed by atoms with Gasteiger partial charge in [0.1, 0.15) is 5.82 Å². The van der Waals surface area contributed by atoms with Gasteiger partial charge in [-0.2, -0.15) is 0 Å². The molecule has 0 saturated heterocycles. The van der Waals surface area contributed by atoms with Crippen LogP contribution in [0.3, 0.4) is 0 Å². The average molecular weight is 286 g/mol. The minimum Gasteiger partial charge on any atom is -0.351 e. The van der Waals surface area contributed by atoms with Gasteiger partial charge in [-0.05, 0) is 35.7 Å². The molecule has 0 aliphatic rings.